The molecular weight excluding hydrogens is 474 g/mol. The van der Waals surface area contributed by atoms with E-state index in [-0.39, 0.29) is 0 Å². The van der Waals surface area contributed by atoms with Gasteiger partial charge in [0.2, 0.25) is 0 Å². The van der Waals surface area contributed by atoms with Crippen LogP contribution in [0, 0.1) is 0 Å². The second-order valence-electron chi connectivity index (χ2n) is 9.43. The molecule has 0 bridgehead atoms. The first kappa shape index (κ1) is 24.1. The molecule has 0 fully saturated rings. The molecule has 0 radical (unpaired) electrons. The van der Waals surface area contributed by atoms with E-state index in [0.29, 0.717) is 11.4 Å². The molecule has 6 aromatic carbocycles. The smallest absolute Gasteiger partial charge is 0.0634 e. The van der Waals surface area contributed by atoms with Crippen molar-refractivity contribution in [2.24, 2.45) is 0 Å². The number of nitrogens with zero attached hydrogens (tertiary/aromatic N) is 1. The van der Waals surface area contributed by atoms with Gasteiger partial charge >= 0.3 is 0 Å². The molecule has 0 amide bonds. The lowest BCUT2D eigenvalue weighted by Gasteiger charge is -2.29. The van der Waals surface area contributed by atoms with Crippen molar-refractivity contribution in [1.82, 2.24) is 0 Å². The maximum atomic E-state index is 6.74. The number of benzene rings is 6. The topological polar surface area (TPSA) is 55.3 Å². The maximum absolute atomic E-state index is 6.74. The summed E-state index contributed by atoms with van der Waals surface area (Å²) in [6.45, 7) is 0. The molecule has 6 aromatic rings. The number of hydrogen-bond donors (Lipinski definition) is 2. The summed E-state index contributed by atoms with van der Waals surface area (Å²) in [7, 11) is 0. The van der Waals surface area contributed by atoms with Gasteiger partial charge in [-0.3, -0.25) is 0 Å². The van der Waals surface area contributed by atoms with Crippen LogP contribution in [0.5, 0.6) is 0 Å². The van der Waals surface area contributed by atoms with Crippen LogP contribution in [0.2, 0.25) is 0 Å². The van der Waals surface area contributed by atoms with Crippen LogP contribution in [-0.2, 0) is 0 Å². The van der Waals surface area contributed by atoms with Crippen molar-refractivity contribution in [3.8, 4) is 33.4 Å². The zero-order valence-corrected chi connectivity index (χ0v) is 21.5. The van der Waals surface area contributed by atoms with Gasteiger partial charge in [0.15, 0.2) is 0 Å². The van der Waals surface area contributed by atoms with Gasteiger partial charge in [-0.05, 0) is 58.7 Å². The monoisotopic (exact) mass is 503 g/mol. The highest BCUT2D eigenvalue weighted by Gasteiger charge is 2.23. The molecule has 0 saturated carbocycles. The highest BCUT2D eigenvalue weighted by Crippen LogP contribution is 2.49. The van der Waals surface area contributed by atoms with Gasteiger partial charge in [-0.1, -0.05) is 115 Å². The molecule has 4 N–H and O–H groups in total. The molecule has 39 heavy (non-hydrogen) atoms. The summed E-state index contributed by atoms with van der Waals surface area (Å²) < 4.78 is 0. The summed E-state index contributed by atoms with van der Waals surface area (Å²) in [6, 6.07) is 52.1. The first-order valence-electron chi connectivity index (χ1n) is 13.0. The Morgan fingerprint density at radius 3 is 1.38 bits per heavy atom. The zero-order valence-electron chi connectivity index (χ0n) is 21.5. The molecule has 3 heteroatoms. The van der Waals surface area contributed by atoms with E-state index in [9.17, 15) is 0 Å². The number of nitrogen functional groups attached to an aromatic ring is 2. The van der Waals surface area contributed by atoms with Crippen LogP contribution >= 0.6 is 0 Å². The fraction of sp³-hybridized carbons (Fsp3) is 0. The van der Waals surface area contributed by atoms with E-state index in [1.165, 1.54) is 0 Å². The Bertz CT molecular complexity index is 1660. The number of rotatable bonds is 6. The molecule has 0 spiro atoms. The number of nitrogens with two attached hydrogens (primary N) is 2. The van der Waals surface area contributed by atoms with Crippen LogP contribution in [0.3, 0.4) is 0 Å². The average Bonchev–Trinajstić information content (AvgIpc) is 3.01. The molecular formula is C36H29N3. The van der Waals surface area contributed by atoms with E-state index in [4.69, 9.17) is 11.5 Å². The first-order valence-corrected chi connectivity index (χ1v) is 13.0. The Morgan fingerprint density at radius 2 is 0.846 bits per heavy atom. The summed E-state index contributed by atoms with van der Waals surface area (Å²) in [4.78, 5) is 2.29. The third-order valence-corrected chi connectivity index (χ3v) is 6.99. The third kappa shape index (κ3) is 4.62. The number of anilines is 5. The van der Waals surface area contributed by atoms with Crippen molar-refractivity contribution in [2.75, 3.05) is 16.4 Å². The van der Waals surface area contributed by atoms with Gasteiger partial charge in [0.1, 0.15) is 0 Å². The van der Waals surface area contributed by atoms with Gasteiger partial charge < -0.3 is 16.4 Å². The minimum Gasteiger partial charge on any atom is -0.397 e. The molecule has 0 aliphatic carbocycles. The summed E-state index contributed by atoms with van der Waals surface area (Å²) in [5.74, 6) is 0. The van der Waals surface area contributed by atoms with E-state index in [2.05, 4.69) is 114 Å². The Balaban J connectivity index is 1.69. The van der Waals surface area contributed by atoms with Crippen LogP contribution in [0.25, 0.3) is 33.4 Å². The van der Waals surface area contributed by atoms with E-state index in [1.54, 1.807) is 0 Å². The Morgan fingerprint density at radius 1 is 0.410 bits per heavy atom. The van der Waals surface area contributed by atoms with Crippen molar-refractivity contribution in [3.05, 3.63) is 152 Å². The summed E-state index contributed by atoms with van der Waals surface area (Å²) in [5.41, 5.74) is 23.9. The second-order valence-corrected chi connectivity index (χ2v) is 9.43. The third-order valence-electron chi connectivity index (χ3n) is 6.99. The lowest BCUT2D eigenvalue weighted by atomic mass is 9.85. The van der Waals surface area contributed by atoms with Gasteiger partial charge in [0.05, 0.1) is 17.1 Å². The maximum Gasteiger partial charge on any atom is 0.0634 e. The lowest BCUT2D eigenvalue weighted by molar-refractivity contribution is 1.28. The minimum absolute atomic E-state index is 0.560. The zero-order chi connectivity index (χ0) is 26.6. The van der Waals surface area contributed by atoms with Crippen LogP contribution in [0.4, 0.5) is 28.4 Å². The van der Waals surface area contributed by atoms with E-state index >= 15 is 0 Å². The Hall–Kier alpha value is -5.28. The molecule has 0 aliphatic rings. The number of para-hydroxylation sites is 3. The van der Waals surface area contributed by atoms with Crippen LogP contribution < -0.4 is 16.4 Å². The molecule has 188 valence electrons. The predicted molar refractivity (Wildman–Crippen MR) is 166 cm³/mol. The molecule has 3 nitrogen and oxygen atoms in total. The lowest BCUT2D eigenvalue weighted by Crippen LogP contribution is -2.11. The van der Waals surface area contributed by atoms with Gasteiger partial charge in [-0.2, -0.15) is 0 Å². The van der Waals surface area contributed by atoms with E-state index < -0.39 is 0 Å². The summed E-state index contributed by atoms with van der Waals surface area (Å²) >= 11 is 0. The van der Waals surface area contributed by atoms with Crippen molar-refractivity contribution in [3.63, 3.8) is 0 Å². The molecule has 6 rings (SSSR count). The average molecular weight is 504 g/mol. The largest absolute Gasteiger partial charge is 0.397 e. The van der Waals surface area contributed by atoms with Crippen molar-refractivity contribution in [2.45, 2.75) is 0 Å². The first-order chi connectivity index (χ1) is 19.2. The normalized spacial score (nSPS) is 10.8. The van der Waals surface area contributed by atoms with Crippen molar-refractivity contribution >= 4 is 28.4 Å². The van der Waals surface area contributed by atoms with Crippen molar-refractivity contribution in [1.29, 1.82) is 0 Å². The highest BCUT2D eigenvalue weighted by atomic mass is 15.1. The molecule has 0 heterocycles. The SMILES string of the molecule is Nc1cc(-c2ccccc2N(c2ccccc2)c2ccccc2)c(-c2ccccc2)c(-c2ccccc2)c1N. The molecule has 0 atom stereocenters. The van der Waals surface area contributed by atoms with Gasteiger partial charge in [0.25, 0.3) is 0 Å². The molecule has 0 aromatic heterocycles. The summed E-state index contributed by atoms with van der Waals surface area (Å²) in [5, 5.41) is 0. The van der Waals surface area contributed by atoms with Gasteiger partial charge in [-0.15, -0.1) is 0 Å². The van der Waals surface area contributed by atoms with E-state index in [0.717, 1.165) is 50.4 Å². The Labute approximate surface area is 229 Å². The fourth-order valence-corrected chi connectivity index (χ4v) is 5.22. The minimum atomic E-state index is 0.560. The molecule has 0 aliphatic heterocycles. The van der Waals surface area contributed by atoms with E-state index in [1.807, 2.05) is 42.5 Å². The molecule has 0 unspecified atom stereocenters. The fourth-order valence-electron chi connectivity index (χ4n) is 5.22. The molecule has 0 saturated heterocycles. The standard InChI is InChI=1S/C36H29N3/c37-32-25-31(34(26-15-5-1-6-16-26)35(36(32)38)27-17-7-2-8-18-27)30-23-13-14-24-33(30)39(28-19-9-3-10-20-28)29-21-11-4-12-22-29/h1-25H,37-38H2. The second kappa shape index (κ2) is 10.6. The summed E-state index contributed by atoms with van der Waals surface area (Å²) in [6.07, 6.45) is 0. The van der Waals surface area contributed by atoms with Gasteiger partial charge in [0, 0.05) is 22.5 Å². The van der Waals surface area contributed by atoms with Crippen molar-refractivity contribution < 1.29 is 0 Å². The van der Waals surface area contributed by atoms with Crippen LogP contribution in [0.15, 0.2) is 152 Å². The predicted octanol–water partition coefficient (Wildman–Crippen LogP) is 9.32. The van der Waals surface area contributed by atoms with Crippen LogP contribution in [0.1, 0.15) is 0 Å². The van der Waals surface area contributed by atoms with Crippen LogP contribution in [-0.4, -0.2) is 0 Å². The van der Waals surface area contributed by atoms with Gasteiger partial charge in [-0.25, -0.2) is 0 Å². The quantitative estimate of drug-likeness (QED) is 0.223. The Kier molecular flexibility index (Phi) is 6.55. The number of hydrogen-bond acceptors (Lipinski definition) is 3. The highest BCUT2D eigenvalue weighted by molar-refractivity contribution is 6.06.